The summed E-state index contributed by atoms with van der Waals surface area (Å²) >= 11 is 0. The standard InChI is InChI=1S/C7H11NO2/c1-2-3-5-4-8-7(10)6(5)9/h5H,2-4H2,1H3,(H,8,10). The van der Waals surface area contributed by atoms with E-state index in [1.54, 1.807) is 0 Å². The lowest BCUT2D eigenvalue weighted by Gasteiger charge is -1.99. The molecule has 1 N–H and O–H groups in total. The summed E-state index contributed by atoms with van der Waals surface area (Å²) in [5.41, 5.74) is 0. The quantitative estimate of drug-likeness (QED) is 0.554. The molecule has 0 spiro atoms. The lowest BCUT2D eigenvalue weighted by Crippen LogP contribution is -2.18. The number of rotatable bonds is 2. The van der Waals surface area contributed by atoms with Gasteiger partial charge in [-0.25, -0.2) is 0 Å². The van der Waals surface area contributed by atoms with E-state index in [-0.39, 0.29) is 11.7 Å². The zero-order chi connectivity index (χ0) is 7.56. The smallest absolute Gasteiger partial charge is 0.287 e. The molecule has 0 aromatic rings. The van der Waals surface area contributed by atoms with Crippen LogP contribution in [-0.2, 0) is 9.59 Å². The minimum absolute atomic E-state index is 0.0440. The van der Waals surface area contributed by atoms with Crippen LogP contribution in [0.5, 0.6) is 0 Å². The lowest BCUT2D eigenvalue weighted by atomic mass is 10.0. The van der Waals surface area contributed by atoms with Crippen LogP contribution < -0.4 is 5.32 Å². The van der Waals surface area contributed by atoms with Gasteiger partial charge in [-0.15, -0.1) is 0 Å². The Kier molecular flexibility index (Phi) is 2.04. The van der Waals surface area contributed by atoms with E-state index < -0.39 is 5.91 Å². The molecule has 0 saturated carbocycles. The number of Topliss-reactive ketones (excluding diaryl/α,β-unsaturated/α-hetero) is 1. The topological polar surface area (TPSA) is 46.2 Å². The lowest BCUT2D eigenvalue weighted by molar-refractivity contribution is -0.136. The molecule has 0 radical (unpaired) electrons. The van der Waals surface area contributed by atoms with Crippen LogP contribution in [0.15, 0.2) is 0 Å². The van der Waals surface area contributed by atoms with Crippen LogP contribution in [0.2, 0.25) is 0 Å². The number of hydrogen-bond donors (Lipinski definition) is 1. The van der Waals surface area contributed by atoms with E-state index in [4.69, 9.17) is 0 Å². The predicted molar refractivity (Wildman–Crippen MR) is 36.4 cm³/mol. The van der Waals surface area contributed by atoms with Crippen molar-refractivity contribution in [3.63, 3.8) is 0 Å². The molecule has 1 aliphatic rings. The average Bonchev–Trinajstić information content (AvgIpc) is 2.20. The Hall–Kier alpha value is -0.860. The van der Waals surface area contributed by atoms with Gasteiger partial charge < -0.3 is 5.32 Å². The molecule has 1 heterocycles. The van der Waals surface area contributed by atoms with Gasteiger partial charge in [0.05, 0.1) is 0 Å². The Labute approximate surface area is 59.8 Å². The molecule has 56 valence electrons. The van der Waals surface area contributed by atoms with Gasteiger partial charge in [0.2, 0.25) is 5.78 Å². The first kappa shape index (κ1) is 7.25. The third kappa shape index (κ3) is 1.17. The first-order valence-corrected chi connectivity index (χ1v) is 3.57. The summed E-state index contributed by atoms with van der Waals surface area (Å²) in [6.07, 6.45) is 1.79. The second kappa shape index (κ2) is 2.82. The fourth-order valence-corrected chi connectivity index (χ4v) is 1.16. The summed E-state index contributed by atoms with van der Waals surface area (Å²) in [6, 6.07) is 0. The number of hydrogen-bond acceptors (Lipinski definition) is 2. The summed E-state index contributed by atoms with van der Waals surface area (Å²) in [6.45, 7) is 2.56. The van der Waals surface area contributed by atoms with E-state index in [0.29, 0.717) is 6.54 Å². The summed E-state index contributed by atoms with van der Waals surface area (Å²) in [7, 11) is 0. The van der Waals surface area contributed by atoms with Gasteiger partial charge >= 0.3 is 0 Å². The Bertz CT molecular complexity index is 165. The zero-order valence-corrected chi connectivity index (χ0v) is 6.02. The molecule has 1 unspecified atom stereocenters. The van der Waals surface area contributed by atoms with E-state index in [1.165, 1.54) is 0 Å². The Morgan fingerprint density at radius 3 is 2.70 bits per heavy atom. The highest BCUT2D eigenvalue weighted by Gasteiger charge is 2.30. The molecule has 1 aliphatic heterocycles. The van der Waals surface area contributed by atoms with Crippen molar-refractivity contribution in [3.05, 3.63) is 0 Å². The summed E-state index contributed by atoms with van der Waals surface area (Å²) in [5, 5.41) is 2.52. The third-order valence-corrected chi connectivity index (χ3v) is 1.74. The Balaban J connectivity index is 2.49. The first-order chi connectivity index (χ1) is 4.75. The number of amides is 1. The fraction of sp³-hybridized carbons (Fsp3) is 0.714. The van der Waals surface area contributed by atoms with Crippen LogP contribution in [0.25, 0.3) is 0 Å². The number of carbonyl (C=O) groups excluding carboxylic acids is 2. The van der Waals surface area contributed by atoms with Crippen molar-refractivity contribution in [1.82, 2.24) is 5.32 Å². The van der Waals surface area contributed by atoms with Gasteiger partial charge in [-0.3, -0.25) is 9.59 Å². The van der Waals surface area contributed by atoms with Gasteiger partial charge in [0, 0.05) is 12.5 Å². The molecule has 1 rings (SSSR count). The molecule has 0 aliphatic carbocycles. The Morgan fingerprint density at radius 1 is 1.60 bits per heavy atom. The van der Waals surface area contributed by atoms with Crippen LogP contribution in [0.4, 0.5) is 0 Å². The maximum atomic E-state index is 10.9. The van der Waals surface area contributed by atoms with E-state index >= 15 is 0 Å². The maximum absolute atomic E-state index is 10.9. The van der Waals surface area contributed by atoms with Gasteiger partial charge in [0.1, 0.15) is 0 Å². The molecule has 10 heavy (non-hydrogen) atoms. The van der Waals surface area contributed by atoms with Crippen molar-refractivity contribution in [2.75, 3.05) is 6.54 Å². The third-order valence-electron chi connectivity index (χ3n) is 1.74. The van der Waals surface area contributed by atoms with Crippen molar-refractivity contribution < 1.29 is 9.59 Å². The molecule has 3 nitrogen and oxygen atoms in total. The SMILES string of the molecule is CCCC1CNC(=O)C1=O. The van der Waals surface area contributed by atoms with Crippen molar-refractivity contribution in [2.45, 2.75) is 19.8 Å². The van der Waals surface area contributed by atoms with Gasteiger partial charge in [0.25, 0.3) is 5.91 Å². The van der Waals surface area contributed by atoms with Gasteiger partial charge in [-0.2, -0.15) is 0 Å². The monoisotopic (exact) mass is 141 g/mol. The summed E-state index contributed by atoms with van der Waals surface area (Å²) in [5.74, 6) is -0.683. The second-order valence-corrected chi connectivity index (χ2v) is 2.56. The van der Waals surface area contributed by atoms with Crippen LogP contribution in [0, 0.1) is 5.92 Å². The fourth-order valence-electron chi connectivity index (χ4n) is 1.16. The molecule has 1 saturated heterocycles. The molecular weight excluding hydrogens is 130 g/mol. The van der Waals surface area contributed by atoms with Crippen LogP contribution in [0.1, 0.15) is 19.8 Å². The molecule has 3 heteroatoms. The van der Waals surface area contributed by atoms with Gasteiger partial charge in [-0.1, -0.05) is 13.3 Å². The Morgan fingerprint density at radius 2 is 2.30 bits per heavy atom. The van der Waals surface area contributed by atoms with Crippen LogP contribution in [-0.4, -0.2) is 18.2 Å². The van der Waals surface area contributed by atoms with E-state index in [0.717, 1.165) is 12.8 Å². The number of ketones is 1. The van der Waals surface area contributed by atoms with Gasteiger partial charge in [0.15, 0.2) is 0 Å². The normalized spacial score (nSPS) is 25.1. The number of carbonyl (C=O) groups is 2. The minimum atomic E-state index is -0.404. The first-order valence-electron chi connectivity index (χ1n) is 3.57. The molecule has 0 aromatic carbocycles. The van der Waals surface area contributed by atoms with E-state index in [1.807, 2.05) is 6.92 Å². The highest BCUT2D eigenvalue weighted by atomic mass is 16.2. The number of nitrogens with one attached hydrogen (secondary N) is 1. The molecule has 0 aromatic heterocycles. The minimum Gasteiger partial charge on any atom is -0.349 e. The zero-order valence-electron chi connectivity index (χ0n) is 6.02. The molecule has 0 bridgehead atoms. The average molecular weight is 141 g/mol. The molecule has 1 atom stereocenters. The van der Waals surface area contributed by atoms with Crippen LogP contribution in [0.3, 0.4) is 0 Å². The van der Waals surface area contributed by atoms with Crippen molar-refractivity contribution in [2.24, 2.45) is 5.92 Å². The predicted octanol–water partition coefficient (Wildman–Crippen LogP) is 0.102. The molecule has 1 amide bonds. The van der Waals surface area contributed by atoms with Gasteiger partial charge in [-0.05, 0) is 6.42 Å². The highest BCUT2D eigenvalue weighted by Crippen LogP contribution is 2.10. The highest BCUT2D eigenvalue weighted by molar-refractivity contribution is 6.38. The summed E-state index contributed by atoms with van der Waals surface area (Å²) in [4.78, 5) is 21.5. The van der Waals surface area contributed by atoms with E-state index in [9.17, 15) is 9.59 Å². The van der Waals surface area contributed by atoms with Crippen molar-refractivity contribution in [1.29, 1.82) is 0 Å². The molecular formula is C7H11NO2. The summed E-state index contributed by atoms with van der Waals surface area (Å²) < 4.78 is 0. The largest absolute Gasteiger partial charge is 0.349 e. The van der Waals surface area contributed by atoms with Crippen LogP contribution >= 0.6 is 0 Å². The molecule has 1 fully saturated rings. The maximum Gasteiger partial charge on any atom is 0.287 e. The van der Waals surface area contributed by atoms with E-state index in [2.05, 4.69) is 5.32 Å². The second-order valence-electron chi connectivity index (χ2n) is 2.56. The van der Waals surface area contributed by atoms with Crippen molar-refractivity contribution >= 4 is 11.7 Å². The van der Waals surface area contributed by atoms with Crippen molar-refractivity contribution in [3.8, 4) is 0 Å².